The van der Waals surface area contributed by atoms with Crippen molar-refractivity contribution in [2.75, 3.05) is 6.54 Å². The summed E-state index contributed by atoms with van der Waals surface area (Å²) >= 11 is 0. The third-order valence-electron chi connectivity index (χ3n) is 5.79. The highest BCUT2D eigenvalue weighted by Gasteiger charge is 2.38. The van der Waals surface area contributed by atoms with Gasteiger partial charge in [0, 0.05) is 45.0 Å². The molecule has 0 atom stereocenters. The second-order valence-electron chi connectivity index (χ2n) is 8.08. The van der Waals surface area contributed by atoms with Crippen LogP contribution in [0.4, 0.5) is 17.6 Å². The number of aliphatic carboxylic acids is 1. The van der Waals surface area contributed by atoms with Gasteiger partial charge in [-0.25, -0.2) is 14.2 Å². The Labute approximate surface area is 202 Å². The van der Waals surface area contributed by atoms with Crippen molar-refractivity contribution in [3.8, 4) is 11.1 Å². The number of rotatable bonds is 4. The molecule has 0 spiro atoms. The van der Waals surface area contributed by atoms with E-state index in [1.807, 2.05) is 46.8 Å². The number of alkyl halides is 3. The van der Waals surface area contributed by atoms with Gasteiger partial charge in [0.2, 0.25) is 0 Å². The number of aryl methyl sites for hydroxylation is 1. The van der Waals surface area contributed by atoms with Crippen LogP contribution in [0.25, 0.3) is 22.2 Å². The number of nitrogens with zero attached hydrogens (tertiary/aromatic N) is 4. The number of amides is 1. The minimum atomic E-state index is -5.08. The van der Waals surface area contributed by atoms with Crippen molar-refractivity contribution in [3.05, 3.63) is 83.7 Å². The molecule has 0 bridgehead atoms. The number of fused-ring (bicyclic) bond motifs is 2. The number of carbonyl (C=O) groups is 2. The molecule has 11 heteroatoms. The smallest absolute Gasteiger partial charge is 0.475 e. The number of aromatic nitrogens is 3. The maximum Gasteiger partial charge on any atom is 0.490 e. The summed E-state index contributed by atoms with van der Waals surface area (Å²) in [4.78, 5) is 32.5. The number of carboxylic acids is 1. The zero-order chi connectivity index (χ0) is 26.0. The summed E-state index contributed by atoms with van der Waals surface area (Å²) in [7, 11) is 1.92. The summed E-state index contributed by atoms with van der Waals surface area (Å²) in [6.07, 6.45) is -1.00. The molecule has 2 aromatic heterocycles. The highest BCUT2D eigenvalue weighted by Crippen LogP contribution is 2.32. The Kier molecular flexibility index (Phi) is 6.73. The number of halogens is 4. The SMILES string of the molecule is Cn1c(CCN2Cc3cccc(-c4ccncc4)c3C2=O)nc2cc(F)ccc21.O=C(O)C(F)(F)F. The van der Waals surface area contributed by atoms with E-state index >= 15 is 0 Å². The van der Waals surface area contributed by atoms with E-state index in [1.54, 1.807) is 18.5 Å². The fourth-order valence-corrected chi connectivity index (χ4v) is 4.05. The predicted octanol–water partition coefficient (Wildman–Crippen LogP) is 4.61. The van der Waals surface area contributed by atoms with Crippen molar-refractivity contribution in [2.24, 2.45) is 7.05 Å². The van der Waals surface area contributed by atoms with Gasteiger partial charge in [-0.1, -0.05) is 18.2 Å². The zero-order valence-electron chi connectivity index (χ0n) is 19.0. The molecule has 1 aliphatic rings. The maximum absolute atomic E-state index is 13.5. The van der Waals surface area contributed by atoms with Crippen LogP contribution in [0.3, 0.4) is 0 Å². The third-order valence-corrected chi connectivity index (χ3v) is 5.79. The lowest BCUT2D eigenvalue weighted by Gasteiger charge is -2.15. The van der Waals surface area contributed by atoms with Gasteiger partial charge in [-0.3, -0.25) is 9.78 Å². The van der Waals surface area contributed by atoms with E-state index in [1.165, 1.54) is 12.1 Å². The van der Waals surface area contributed by atoms with Gasteiger partial charge in [0.25, 0.3) is 5.91 Å². The summed E-state index contributed by atoms with van der Waals surface area (Å²) in [6.45, 7) is 1.15. The second-order valence-corrected chi connectivity index (χ2v) is 8.08. The van der Waals surface area contributed by atoms with Crippen LogP contribution in [0.15, 0.2) is 60.9 Å². The van der Waals surface area contributed by atoms with E-state index < -0.39 is 12.1 Å². The molecule has 0 unspecified atom stereocenters. The molecule has 7 nitrogen and oxygen atoms in total. The number of carboxylic acid groups (broad SMARTS) is 1. The average molecular weight is 500 g/mol. The Balaban J connectivity index is 0.000000384. The summed E-state index contributed by atoms with van der Waals surface area (Å²) in [6, 6.07) is 14.4. The van der Waals surface area contributed by atoms with Gasteiger partial charge in [0.1, 0.15) is 11.6 Å². The van der Waals surface area contributed by atoms with E-state index in [0.717, 1.165) is 33.6 Å². The van der Waals surface area contributed by atoms with Crippen LogP contribution >= 0.6 is 0 Å². The summed E-state index contributed by atoms with van der Waals surface area (Å²) in [5, 5.41) is 7.12. The van der Waals surface area contributed by atoms with Gasteiger partial charge in [-0.05, 0) is 41.0 Å². The Bertz CT molecular complexity index is 1430. The largest absolute Gasteiger partial charge is 0.490 e. The van der Waals surface area contributed by atoms with Gasteiger partial charge in [0.05, 0.1) is 16.6 Å². The Hall–Kier alpha value is -4.28. The first-order chi connectivity index (χ1) is 17.1. The van der Waals surface area contributed by atoms with Crippen LogP contribution in [0.1, 0.15) is 21.7 Å². The molecule has 0 saturated heterocycles. The van der Waals surface area contributed by atoms with E-state index in [2.05, 4.69) is 9.97 Å². The summed E-state index contributed by atoms with van der Waals surface area (Å²) in [5.74, 6) is -2.18. The Morgan fingerprint density at radius 1 is 1.11 bits per heavy atom. The van der Waals surface area contributed by atoms with Gasteiger partial charge in [-0.2, -0.15) is 13.2 Å². The maximum atomic E-state index is 13.5. The van der Waals surface area contributed by atoms with Crippen molar-refractivity contribution in [1.29, 1.82) is 0 Å². The van der Waals surface area contributed by atoms with Crippen molar-refractivity contribution in [3.63, 3.8) is 0 Å². The molecule has 186 valence electrons. The van der Waals surface area contributed by atoms with Crippen LogP contribution < -0.4 is 0 Å². The lowest BCUT2D eigenvalue weighted by Crippen LogP contribution is -2.27. The highest BCUT2D eigenvalue weighted by atomic mass is 19.4. The van der Waals surface area contributed by atoms with Crippen LogP contribution in [-0.4, -0.2) is 49.1 Å². The fraction of sp³-hybridized carbons (Fsp3) is 0.200. The molecule has 0 fully saturated rings. The molecule has 5 rings (SSSR count). The number of imidazole rings is 1. The van der Waals surface area contributed by atoms with E-state index in [4.69, 9.17) is 9.90 Å². The topological polar surface area (TPSA) is 88.3 Å². The number of carbonyl (C=O) groups excluding carboxylic acids is 1. The minimum absolute atomic E-state index is 0.0391. The Morgan fingerprint density at radius 2 is 1.81 bits per heavy atom. The number of hydrogen-bond acceptors (Lipinski definition) is 4. The first-order valence-electron chi connectivity index (χ1n) is 10.8. The molecule has 4 aromatic rings. The summed E-state index contributed by atoms with van der Waals surface area (Å²) in [5.41, 5.74) is 5.26. The average Bonchev–Trinajstić information content (AvgIpc) is 3.33. The molecule has 1 N–H and O–H groups in total. The molecule has 1 aliphatic heterocycles. The molecule has 0 saturated carbocycles. The number of hydrogen-bond donors (Lipinski definition) is 1. The molecule has 2 aromatic carbocycles. The van der Waals surface area contributed by atoms with Crippen LogP contribution in [0.2, 0.25) is 0 Å². The third kappa shape index (κ3) is 5.04. The summed E-state index contributed by atoms with van der Waals surface area (Å²) < 4.78 is 47.2. The van der Waals surface area contributed by atoms with Gasteiger partial charge >= 0.3 is 12.1 Å². The molecule has 0 aliphatic carbocycles. The molecule has 1 amide bonds. The zero-order valence-corrected chi connectivity index (χ0v) is 19.0. The first-order valence-corrected chi connectivity index (χ1v) is 10.8. The standard InChI is InChI=1S/C23H19FN4O.C2HF3O2/c1-27-20-6-5-17(24)13-19(20)26-21(27)9-12-28-14-16-3-2-4-18(22(16)23(28)29)15-7-10-25-11-8-15;3-2(4,5)1(6)7/h2-8,10-11,13H,9,12,14H2,1H3;(H,6,7). The fourth-order valence-electron chi connectivity index (χ4n) is 4.05. The van der Waals surface area contributed by atoms with Crippen LogP contribution in [-0.2, 0) is 24.8 Å². The molecule has 3 heterocycles. The normalized spacial score (nSPS) is 12.9. The van der Waals surface area contributed by atoms with Crippen molar-refractivity contribution in [1.82, 2.24) is 19.4 Å². The van der Waals surface area contributed by atoms with E-state index in [9.17, 15) is 22.4 Å². The van der Waals surface area contributed by atoms with Gasteiger partial charge < -0.3 is 14.6 Å². The number of benzene rings is 2. The lowest BCUT2D eigenvalue weighted by atomic mass is 9.97. The van der Waals surface area contributed by atoms with Crippen molar-refractivity contribution < 1.29 is 32.3 Å². The van der Waals surface area contributed by atoms with Crippen molar-refractivity contribution in [2.45, 2.75) is 19.1 Å². The monoisotopic (exact) mass is 500 g/mol. The second kappa shape index (κ2) is 9.76. The molecule has 36 heavy (non-hydrogen) atoms. The van der Waals surface area contributed by atoms with Gasteiger partial charge in [-0.15, -0.1) is 0 Å². The lowest BCUT2D eigenvalue weighted by molar-refractivity contribution is -0.192. The molecule has 0 radical (unpaired) electrons. The first kappa shape index (κ1) is 24.8. The predicted molar refractivity (Wildman–Crippen MR) is 122 cm³/mol. The van der Waals surface area contributed by atoms with Crippen LogP contribution in [0, 0.1) is 5.82 Å². The van der Waals surface area contributed by atoms with Crippen LogP contribution in [0.5, 0.6) is 0 Å². The van der Waals surface area contributed by atoms with E-state index in [0.29, 0.717) is 25.0 Å². The molecular formula is C25H20F4N4O3. The van der Waals surface area contributed by atoms with Crippen molar-refractivity contribution >= 4 is 22.9 Å². The highest BCUT2D eigenvalue weighted by molar-refractivity contribution is 6.04. The Morgan fingerprint density at radius 3 is 2.47 bits per heavy atom. The van der Waals surface area contributed by atoms with E-state index in [-0.39, 0.29) is 11.7 Å². The number of pyridine rings is 1. The minimum Gasteiger partial charge on any atom is -0.475 e. The quantitative estimate of drug-likeness (QED) is 0.414. The van der Waals surface area contributed by atoms with Gasteiger partial charge in [0.15, 0.2) is 0 Å². The molecular weight excluding hydrogens is 480 g/mol.